The molecule has 0 amide bonds. The molecule has 0 saturated heterocycles. The van der Waals surface area contributed by atoms with E-state index < -0.39 is 31.1 Å². The molecular formula is C5H12Na3O7P. The van der Waals surface area contributed by atoms with Crippen molar-refractivity contribution >= 4 is 108 Å². The minimum absolute atomic E-state index is 0. The van der Waals surface area contributed by atoms with Crippen molar-refractivity contribution in [3.8, 4) is 0 Å². The molecule has 2 unspecified atom stereocenters. The van der Waals surface area contributed by atoms with E-state index in [0.29, 0.717) is 0 Å². The number of carbonyl (C=O) groups is 2. The first-order valence-corrected chi connectivity index (χ1v) is 4.87. The van der Waals surface area contributed by atoms with E-state index in [-0.39, 0.29) is 88.7 Å². The van der Waals surface area contributed by atoms with E-state index in [1.54, 1.807) is 0 Å². The number of carboxylic acid groups (broad SMARTS) is 2. The second kappa shape index (κ2) is 11.0. The van der Waals surface area contributed by atoms with Crippen LogP contribution in [0.25, 0.3) is 0 Å². The van der Waals surface area contributed by atoms with Gasteiger partial charge in [-0.05, 0) is 0 Å². The number of hydrogen-bond donors (Lipinski definition) is 4. The zero-order chi connectivity index (χ0) is 10.8. The van der Waals surface area contributed by atoms with E-state index in [9.17, 15) is 14.2 Å². The van der Waals surface area contributed by atoms with Crippen LogP contribution >= 0.6 is 7.60 Å². The van der Waals surface area contributed by atoms with Crippen LogP contribution in [0.1, 0.15) is 6.92 Å². The van der Waals surface area contributed by atoms with Gasteiger partial charge in [0.1, 0.15) is 0 Å². The second-order valence-electron chi connectivity index (χ2n) is 2.50. The summed E-state index contributed by atoms with van der Waals surface area (Å²) in [6.45, 7) is 0.931. The Morgan fingerprint density at radius 1 is 1.00 bits per heavy atom. The van der Waals surface area contributed by atoms with E-state index in [1.165, 1.54) is 0 Å². The van der Waals surface area contributed by atoms with Gasteiger partial charge in [-0.25, -0.2) is 0 Å². The molecule has 0 aromatic carbocycles. The van der Waals surface area contributed by atoms with Crippen LogP contribution in [0, 0.1) is 5.92 Å². The van der Waals surface area contributed by atoms with Crippen molar-refractivity contribution in [2.75, 3.05) is 0 Å². The molecule has 0 aliphatic rings. The summed E-state index contributed by atoms with van der Waals surface area (Å²) in [6, 6.07) is 0. The van der Waals surface area contributed by atoms with Crippen molar-refractivity contribution in [3.05, 3.63) is 0 Å². The quantitative estimate of drug-likeness (QED) is 0.328. The monoisotopic (exact) mass is 284 g/mol. The third-order valence-corrected chi connectivity index (χ3v) is 2.87. The van der Waals surface area contributed by atoms with E-state index in [1.807, 2.05) is 0 Å². The number of aliphatic carboxylic acids is 2. The first kappa shape index (κ1) is 26.6. The van der Waals surface area contributed by atoms with Crippen LogP contribution in [0.2, 0.25) is 0 Å². The van der Waals surface area contributed by atoms with Gasteiger partial charge in [-0.3, -0.25) is 14.2 Å². The summed E-state index contributed by atoms with van der Waals surface area (Å²) in [7, 11) is -4.92. The van der Waals surface area contributed by atoms with Gasteiger partial charge in [0.2, 0.25) is 0 Å². The zero-order valence-electron chi connectivity index (χ0n) is 6.62. The van der Waals surface area contributed by atoms with Crippen LogP contribution in [0.5, 0.6) is 0 Å². The fraction of sp³-hybridized carbons (Fsp3) is 0.600. The molecule has 0 aliphatic heterocycles. The minimum atomic E-state index is -4.92. The molecule has 11 heteroatoms. The predicted molar refractivity (Wildman–Crippen MR) is 61.7 cm³/mol. The molecule has 0 heterocycles. The van der Waals surface area contributed by atoms with Gasteiger partial charge in [-0.15, -0.1) is 0 Å². The van der Waals surface area contributed by atoms with Crippen LogP contribution in [-0.2, 0) is 14.2 Å². The van der Waals surface area contributed by atoms with Crippen molar-refractivity contribution in [1.29, 1.82) is 0 Å². The molecule has 16 heavy (non-hydrogen) atoms. The van der Waals surface area contributed by atoms with Gasteiger partial charge in [-0.1, -0.05) is 6.92 Å². The fourth-order valence-electron chi connectivity index (χ4n) is 0.784. The van der Waals surface area contributed by atoms with Crippen molar-refractivity contribution in [2.24, 2.45) is 5.92 Å². The molecule has 0 aliphatic carbocycles. The molecule has 4 N–H and O–H groups in total. The Labute approximate surface area is 158 Å². The Morgan fingerprint density at radius 3 is 1.38 bits per heavy atom. The van der Waals surface area contributed by atoms with Gasteiger partial charge in [0.05, 0.1) is 5.92 Å². The standard InChI is InChI=1S/C5H9O7P.3Na.3H/c1-2(4(6)7)3(5(8)9)13(10,11)12;;;;;;/h2-3H,1H3,(H,6,7)(H,8,9)(H2,10,11,12);;;;;;. The van der Waals surface area contributed by atoms with E-state index in [2.05, 4.69) is 0 Å². The van der Waals surface area contributed by atoms with Gasteiger partial charge in [0.25, 0.3) is 0 Å². The van der Waals surface area contributed by atoms with E-state index in [4.69, 9.17) is 20.0 Å². The Bertz CT molecular complexity index is 277. The van der Waals surface area contributed by atoms with E-state index >= 15 is 0 Å². The van der Waals surface area contributed by atoms with Crippen LogP contribution in [0.3, 0.4) is 0 Å². The van der Waals surface area contributed by atoms with E-state index in [0.717, 1.165) is 6.92 Å². The molecule has 0 rings (SSSR count). The van der Waals surface area contributed by atoms with Gasteiger partial charge in [-0.2, -0.15) is 0 Å². The molecule has 0 bridgehead atoms. The third kappa shape index (κ3) is 9.08. The van der Waals surface area contributed by atoms with Crippen molar-refractivity contribution < 1.29 is 34.2 Å². The van der Waals surface area contributed by atoms with Crippen LogP contribution in [0.15, 0.2) is 0 Å². The van der Waals surface area contributed by atoms with Crippen molar-refractivity contribution in [2.45, 2.75) is 12.6 Å². The molecule has 0 radical (unpaired) electrons. The average Bonchev–Trinajstić information content (AvgIpc) is 1.82. The molecule has 0 fully saturated rings. The molecule has 0 saturated carbocycles. The first-order chi connectivity index (χ1) is 5.68. The van der Waals surface area contributed by atoms with Gasteiger partial charge < -0.3 is 20.0 Å². The maximum atomic E-state index is 10.6. The molecule has 2 atom stereocenters. The topological polar surface area (TPSA) is 132 Å². The van der Waals surface area contributed by atoms with Crippen molar-refractivity contribution in [1.82, 2.24) is 0 Å². The second-order valence-corrected chi connectivity index (χ2v) is 4.23. The Morgan fingerprint density at radius 2 is 1.31 bits per heavy atom. The molecule has 7 nitrogen and oxygen atoms in total. The predicted octanol–water partition coefficient (Wildman–Crippen LogP) is -2.61. The van der Waals surface area contributed by atoms with Crippen LogP contribution in [-0.4, -0.2) is 126 Å². The molecule has 0 spiro atoms. The van der Waals surface area contributed by atoms with Gasteiger partial charge in [0.15, 0.2) is 5.66 Å². The summed E-state index contributed by atoms with van der Waals surface area (Å²) in [5, 5.41) is 16.7. The number of carboxylic acids is 2. The SMILES string of the molecule is CC(C(=O)O)C(C(=O)O)P(=O)(O)O.[NaH].[NaH].[NaH]. The summed E-state index contributed by atoms with van der Waals surface area (Å²) in [6.07, 6.45) is 0. The number of hydrogen-bond acceptors (Lipinski definition) is 3. The average molecular weight is 284 g/mol. The summed E-state index contributed by atoms with van der Waals surface area (Å²) < 4.78 is 10.6. The third-order valence-electron chi connectivity index (χ3n) is 1.48. The Balaban J connectivity index is -0.000000240. The molecule has 0 aromatic heterocycles. The fourth-order valence-corrected chi connectivity index (χ4v) is 1.78. The summed E-state index contributed by atoms with van der Waals surface area (Å²) in [5.41, 5.74) is -2.19. The van der Waals surface area contributed by atoms with Crippen LogP contribution in [0.4, 0.5) is 0 Å². The van der Waals surface area contributed by atoms with Crippen LogP contribution < -0.4 is 0 Å². The summed E-state index contributed by atoms with van der Waals surface area (Å²) in [4.78, 5) is 37.7. The first-order valence-electron chi connectivity index (χ1n) is 3.18. The Kier molecular flexibility index (Phi) is 18.2. The van der Waals surface area contributed by atoms with Crippen molar-refractivity contribution in [3.63, 3.8) is 0 Å². The molecular weight excluding hydrogens is 272 g/mol. The normalized spacial score (nSPS) is 13.2. The number of rotatable bonds is 4. The summed E-state index contributed by atoms with van der Waals surface area (Å²) in [5.74, 6) is -5.00. The maximum absolute atomic E-state index is 10.6. The summed E-state index contributed by atoms with van der Waals surface area (Å²) >= 11 is 0. The molecule has 0 aromatic rings. The Hall–Kier alpha value is 2.09. The van der Waals surface area contributed by atoms with Gasteiger partial charge >= 0.3 is 108 Å². The van der Waals surface area contributed by atoms with Gasteiger partial charge in [0, 0.05) is 0 Å². The zero-order valence-corrected chi connectivity index (χ0v) is 7.51. The molecule has 82 valence electrons.